The standard InChI is InChI=1S/C12H10BrCl2NS/c1-6-8(13)5-11(17-6)12(16)7-2-3-9(14)10(15)4-7/h2-5,12H,16H2,1H3. The van der Waals surface area contributed by atoms with Gasteiger partial charge in [-0.3, -0.25) is 0 Å². The molecule has 1 heterocycles. The molecule has 0 radical (unpaired) electrons. The lowest BCUT2D eigenvalue weighted by atomic mass is 10.1. The topological polar surface area (TPSA) is 26.0 Å². The molecule has 2 rings (SSSR count). The highest BCUT2D eigenvalue weighted by Gasteiger charge is 2.14. The summed E-state index contributed by atoms with van der Waals surface area (Å²) in [6, 6.07) is 7.38. The first-order valence-electron chi connectivity index (χ1n) is 4.95. The van der Waals surface area contributed by atoms with Crippen LogP contribution in [-0.2, 0) is 0 Å². The van der Waals surface area contributed by atoms with Crippen LogP contribution in [-0.4, -0.2) is 0 Å². The average Bonchev–Trinajstić information content (AvgIpc) is 2.62. The molecule has 0 saturated heterocycles. The van der Waals surface area contributed by atoms with E-state index < -0.39 is 0 Å². The van der Waals surface area contributed by atoms with Crippen LogP contribution >= 0.6 is 50.5 Å². The monoisotopic (exact) mass is 349 g/mol. The van der Waals surface area contributed by atoms with Crippen LogP contribution in [0.25, 0.3) is 0 Å². The van der Waals surface area contributed by atoms with Crippen molar-refractivity contribution in [3.63, 3.8) is 0 Å². The van der Waals surface area contributed by atoms with Gasteiger partial charge < -0.3 is 5.73 Å². The second kappa shape index (κ2) is 5.29. The number of halogens is 3. The van der Waals surface area contributed by atoms with Gasteiger partial charge in [0.25, 0.3) is 0 Å². The first-order chi connectivity index (χ1) is 7.99. The summed E-state index contributed by atoms with van der Waals surface area (Å²) in [5, 5.41) is 1.08. The van der Waals surface area contributed by atoms with Crippen molar-refractivity contribution in [1.82, 2.24) is 0 Å². The second-order valence-corrected chi connectivity index (χ2v) is 6.66. The fourth-order valence-corrected chi connectivity index (χ4v) is 3.40. The Hall–Kier alpha value is -0.0600. The molecule has 0 spiro atoms. The van der Waals surface area contributed by atoms with E-state index in [1.807, 2.05) is 18.2 Å². The molecule has 0 aliphatic rings. The van der Waals surface area contributed by atoms with Crippen molar-refractivity contribution >= 4 is 50.5 Å². The Kier molecular flexibility index (Phi) is 4.16. The number of hydrogen-bond acceptors (Lipinski definition) is 2. The van der Waals surface area contributed by atoms with Crippen molar-refractivity contribution in [2.24, 2.45) is 5.73 Å². The highest BCUT2D eigenvalue weighted by molar-refractivity contribution is 9.10. The van der Waals surface area contributed by atoms with E-state index in [-0.39, 0.29) is 6.04 Å². The van der Waals surface area contributed by atoms with Crippen LogP contribution in [0.1, 0.15) is 21.4 Å². The summed E-state index contributed by atoms with van der Waals surface area (Å²) in [4.78, 5) is 2.32. The number of thiophene rings is 1. The summed E-state index contributed by atoms with van der Waals surface area (Å²) in [6.07, 6.45) is 0. The summed E-state index contributed by atoms with van der Waals surface area (Å²) in [6.45, 7) is 2.06. The summed E-state index contributed by atoms with van der Waals surface area (Å²) in [7, 11) is 0. The molecule has 0 fully saturated rings. The van der Waals surface area contributed by atoms with Gasteiger partial charge in [-0.1, -0.05) is 29.3 Å². The minimum Gasteiger partial charge on any atom is -0.320 e. The Morgan fingerprint density at radius 3 is 2.47 bits per heavy atom. The van der Waals surface area contributed by atoms with Gasteiger partial charge in [0.1, 0.15) is 0 Å². The van der Waals surface area contributed by atoms with Crippen molar-refractivity contribution in [2.45, 2.75) is 13.0 Å². The molecule has 1 unspecified atom stereocenters. The summed E-state index contributed by atoms with van der Waals surface area (Å²) in [5.41, 5.74) is 7.17. The third kappa shape index (κ3) is 2.85. The molecule has 1 atom stereocenters. The van der Waals surface area contributed by atoms with Crippen LogP contribution in [0.2, 0.25) is 10.0 Å². The van der Waals surface area contributed by atoms with Gasteiger partial charge in [-0.05, 0) is 46.6 Å². The highest BCUT2D eigenvalue weighted by Crippen LogP contribution is 2.34. The molecular weight excluding hydrogens is 341 g/mol. The molecule has 2 N–H and O–H groups in total. The van der Waals surface area contributed by atoms with Gasteiger partial charge in [0.2, 0.25) is 0 Å². The molecular formula is C12H10BrCl2NS. The molecule has 1 nitrogen and oxygen atoms in total. The SMILES string of the molecule is Cc1sc(C(N)c2ccc(Cl)c(Cl)c2)cc1Br. The van der Waals surface area contributed by atoms with Gasteiger partial charge in [-0.15, -0.1) is 11.3 Å². The molecule has 0 aliphatic carbocycles. The number of rotatable bonds is 2. The van der Waals surface area contributed by atoms with Gasteiger partial charge in [0.15, 0.2) is 0 Å². The van der Waals surface area contributed by atoms with Gasteiger partial charge in [-0.2, -0.15) is 0 Å². The number of hydrogen-bond donors (Lipinski definition) is 1. The molecule has 2 aromatic rings. The molecule has 90 valence electrons. The third-order valence-electron chi connectivity index (χ3n) is 2.49. The average molecular weight is 351 g/mol. The van der Waals surface area contributed by atoms with Crippen molar-refractivity contribution in [2.75, 3.05) is 0 Å². The fourth-order valence-electron chi connectivity index (χ4n) is 1.50. The maximum absolute atomic E-state index is 6.21. The smallest absolute Gasteiger partial charge is 0.0647 e. The molecule has 0 amide bonds. The molecule has 0 bridgehead atoms. The lowest BCUT2D eigenvalue weighted by molar-refractivity contribution is 0.893. The second-order valence-electron chi connectivity index (χ2n) is 3.70. The van der Waals surface area contributed by atoms with Gasteiger partial charge in [0, 0.05) is 14.2 Å². The molecule has 1 aromatic carbocycles. The van der Waals surface area contributed by atoms with Crippen LogP contribution < -0.4 is 5.73 Å². The lowest BCUT2D eigenvalue weighted by Crippen LogP contribution is -2.09. The molecule has 0 aliphatic heterocycles. The normalized spacial score (nSPS) is 12.8. The maximum atomic E-state index is 6.21. The van der Waals surface area contributed by atoms with Crippen LogP contribution in [0, 0.1) is 6.92 Å². The van der Waals surface area contributed by atoms with E-state index >= 15 is 0 Å². The van der Waals surface area contributed by atoms with Gasteiger partial charge in [0.05, 0.1) is 16.1 Å². The van der Waals surface area contributed by atoms with Crippen LogP contribution in [0.15, 0.2) is 28.7 Å². The third-order valence-corrected chi connectivity index (χ3v) is 5.44. The van der Waals surface area contributed by atoms with E-state index in [4.69, 9.17) is 28.9 Å². The Morgan fingerprint density at radius 1 is 1.24 bits per heavy atom. The Balaban J connectivity index is 2.36. The first-order valence-corrected chi connectivity index (χ1v) is 7.32. The summed E-state index contributed by atoms with van der Waals surface area (Å²) in [5.74, 6) is 0. The van der Waals surface area contributed by atoms with Crippen LogP contribution in [0.5, 0.6) is 0 Å². The first kappa shape index (κ1) is 13.4. The van der Waals surface area contributed by atoms with Crippen molar-refractivity contribution in [3.8, 4) is 0 Å². The van der Waals surface area contributed by atoms with Crippen molar-refractivity contribution in [3.05, 3.63) is 54.1 Å². The maximum Gasteiger partial charge on any atom is 0.0647 e. The van der Waals surface area contributed by atoms with Gasteiger partial charge in [-0.25, -0.2) is 0 Å². The lowest BCUT2D eigenvalue weighted by Gasteiger charge is -2.10. The summed E-state index contributed by atoms with van der Waals surface area (Å²) < 4.78 is 1.09. The zero-order chi connectivity index (χ0) is 12.6. The predicted octanol–water partition coefficient (Wildman–Crippen LogP) is 5.17. The molecule has 0 saturated carbocycles. The van der Waals surface area contributed by atoms with Crippen LogP contribution in [0.4, 0.5) is 0 Å². The molecule has 5 heteroatoms. The number of benzene rings is 1. The van der Waals surface area contributed by atoms with E-state index in [1.54, 1.807) is 17.4 Å². The van der Waals surface area contributed by atoms with E-state index in [0.717, 1.165) is 14.9 Å². The predicted molar refractivity (Wildman–Crippen MR) is 79.2 cm³/mol. The van der Waals surface area contributed by atoms with E-state index in [1.165, 1.54) is 4.88 Å². The zero-order valence-electron chi connectivity index (χ0n) is 9.01. The summed E-state index contributed by atoms with van der Waals surface area (Å²) >= 11 is 17.0. The Bertz CT molecular complexity index is 534. The van der Waals surface area contributed by atoms with Crippen molar-refractivity contribution in [1.29, 1.82) is 0 Å². The number of nitrogens with two attached hydrogens (primary N) is 1. The van der Waals surface area contributed by atoms with Crippen molar-refractivity contribution < 1.29 is 0 Å². The molecule has 1 aromatic heterocycles. The molecule has 17 heavy (non-hydrogen) atoms. The van der Waals surface area contributed by atoms with E-state index in [0.29, 0.717) is 10.0 Å². The highest BCUT2D eigenvalue weighted by atomic mass is 79.9. The largest absolute Gasteiger partial charge is 0.320 e. The van der Waals surface area contributed by atoms with Gasteiger partial charge >= 0.3 is 0 Å². The minimum atomic E-state index is -0.167. The van der Waals surface area contributed by atoms with E-state index in [2.05, 4.69) is 22.9 Å². The Morgan fingerprint density at radius 2 is 1.94 bits per heavy atom. The minimum absolute atomic E-state index is 0.167. The quantitative estimate of drug-likeness (QED) is 0.793. The zero-order valence-corrected chi connectivity index (χ0v) is 12.9. The fraction of sp³-hybridized carbons (Fsp3) is 0.167. The number of aryl methyl sites for hydroxylation is 1. The Labute approximate surface area is 123 Å². The van der Waals surface area contributed by atoms with Crippen LogP contribution in [0.3, 0.4) is 0 Å². The van der Waals surface area contributed by atoms with E-state index in [9.17, 15) is 0 Å².